The SMILES string of the molecule is NS(=O)(=O)C1(CNC(=O)c2nc3ccc(F)cc3[nH]2)CC1. The Bertz CT molecular complexity index is 826. The summed E-state index contributed by atoms with van der Waals surface area (Å²) in [5, 5.41) is 7.63. The van der Waals surface area contributed by atoms with Crippen molar-refractivity contribution in [2.24, 2.45) is 5.14 Å². The number of carbonyl (C=O) groups excluding carboxylic acids is 1. The monoisotopic (exact) mass is 312 g/mol. The van der Waals surface area contributed by atoms with Crippen molar-refractivity contribution in [1.29, 1.82) is 0 Å². The highest BCUT2D eigenvalue weighted by Crippen LogP contribution is 2.41. The minimum absolute atomic E-state index is 0.000759. The lowest BCUT2D eigenvalue weighted by Gasteiger charge is -2.12. The van der Waals surface area contributed by atoms with Crippen molar-refractivity contribution in [2.45, 2.75) is 17.6 Å². The van der Waals surface area contributed by atoms with Crippen LogP contribution in [-0.2, 0) is 10.0 Å². The summed E-state index contributed by atoms with van der Waals surface area (Å²) in [6, 6.07) is 3.92. The van der Waals surface area contributed by atoms with E-state index in [4.69, 9.17) is 5.14 Å². The van der Waals surface area contributed by atoms with Crippen molar-refractivity contribution in [3.63, 3.8) is 0 Å². The number of fused-ring (bicyclic) bond motifs is 1. The fraction of sp³-hybridized carbons (Fsp3) is 0.333. The second kappa shape index (κ2) is 4.50. The lowest BCUT2D eigenvalue weighted by molar-refractivity contribution is 0.0943. The summed E-state index contributed by atoms with van der Waals surface area (Å²) >= 11 is 0. The van der Waals surface area contributed by atoms with Gasteiger partial charge in [0.25, 0.3) is 5.91 Å². The molecule has 0 unspecified atom stereocenters. The molecular formula is C12H13FN4O3S. The Balaban J connectivity index is 1.76. The van der Waals surface area contributed by atoms with Crippen molar-refractivity contribution < 1.29 is 17.6 Å². The van der Waals surface area contributed by atoms with Crippen LogP contribution >= 0.6 is 0 Å². The number of primary sulfonamides is 1. The van der Waals surface area contributed by atoms with E-state index in [1.54, 1.807) is 0 Å². The van der Waals surface area contributed by atoms with Crippen LogP contribution in [0.25, 0.3) is 11.0 Å². The molecule has 0 spiro atoms. The van der Waals surface area contributed by atoms with Gasteiger partial charge in [0.15, 0.2) is 5.82 Å². The molecular weight excluding hydrogens is 299 g/mol. The molecule has 0 atom stereocenters. The van der Waals surface area contributed by atoms with Gasteiger partial charge in [0.2, 0.25) is 10.0 Å². The van der Waals surface area contributed by atoms with Crippen molar-refractivity contribution in [2.75, 3.05) is 6.54 Å². The van der Waals surface area contributed by atoms with Crippen LogP contribution in [0.1, 0.15) is 23.5 Å². The highest BCUT2D eigenvalue weighted by atomic mass is 32.2. The summed E-state index contributed by atoms with van der Waals surface area (Å²) in [5.41, 5.74) is 0.849. The molecule has 1 saturated carbocycles. The zero-order valence-corrected chi connectivity index (χ0v) is 11.7. The first-order chi connectivity index (χ1) is 9.81. The molecule has 3 rings (SSSR count). The van der Waals surface area contributed by atoms with Crippen LogP contribution in [-0.4, -0.2) is 35.6 Å². The Morgan fingerprint density at radius 2 is 2.19 bits per heavy atom. The largest absolute Gasteiger partial charge is 0.348 e. The number of nitrogens with two attached hydrogens (primary N) is 1. The minimum Gasteiger partial charge on any atom is -0.348 e. The molecule has 1 amide bonds. The van der Waals surface area contributed by atoms with E-state index in [2.05, 4.69) is 15.3 Å². The number of rotatable bonds is 4. The number of H-pyrrole nitrogens is 1. The number of nitrogens with one attached hydrogen (secondary N) is 2. The summed E-state index contributed by atoms with van der Waals surface area (Å²) in [4.78, 5) is 18.7. The van der Waals surface area contributed by atoms with Gasteiger partial charge in [0.05, 0.1) is 11.0 Å². The number of amides is 1. The molecule has 9 heteroatoms. The van der Waals surface area contributed by atoms with Crippen LogP contribution in [0.4, 0.5) is 4.39 Å². The molecule has 1 heterocycles. The summed E-state index contributed by atoms with van der Waals surface area (Å²) < 4.78 is 34.8. The molecule has 0 saturated heterocycles. The normalized spacial score (nSPS) is 16.9. The van der Waals surface area contributed by atoms with Gasteiger partial charge in [-0.1, -0.05) is 0 Å². The molecule has 1 aliphatic carbocycles. The van der Waals surface area contributed by atoms with E-state index in [9.17, 15) is 17.6 Å². The van der Waals surface area contributed by atoms with Gasteiger partial charge < -0.3 is 10.3 Å². The number of aromatic nitrogens is 2. The number of halogens is 1. The number of carbonyl (C=O) groups is 1. The van der Waals surface area contributed by atoms with Gasteiger partial charge in [-0.3, -0.25) is 4.79 Å². The Labute approximate surface area is 119 Å². The lowest BCUT2D eigenvalue weighted by atomic mass is 10.3. The fourth-order valence-corrected chi connectivity index (χ4v) is 3.06. The standard InChI is InChI=1S/C12H13FN4O3S/c13-7-1-2-8-9(5-7)17-10(16-8)11(18)15-6-12(3-4-12)21(14,19)20/h1-2,5H,3-4,6H2,(H,15,18)(H,16,17)(H2,14,19,20). The fourth-order valence-electron chi connectivity index (χ4n) is 2.12. The number of sulfonamides is 1. The highest BCUT2D eigenvalue weighted by Gasteiger charge is 2.53. The third-order valence-corrected chi connectivity index (χ3v) is 5.40. The van der Waals surface area contributed by atoms with Crippen LogP contribution in [0.2, 0.25) is 0 Å². The Morgan fingerprint density at radius 3 is 2.81 bits per heavy atom. The Hall–Kier alpha value is -2.00. The maximum absolute atomic E-state index is 13.1. The molecule has 21 heavy (non-hydrogen) atoms. The van der Waals surface area contributed by atoms with Gasteiger partial charge in [-0.05, 0) is 31.0 Å². The van der Waals surface area contributed by atoms with Crippen LogP contribution in [0, 0.1) is 5.82 Å². The van der Waals surface area contributed by atoms with Gasteiger partial charge in [-0.2, -0.15) is 0 Å². The number of aromatic amines is 1. The van der Waals surface area contributed by atoms with E-state index in [-0.39, 0.29) is 12.4 Å². The molecule has 7 nitrogen and oxygen atoms in total. The predicted octanol–water partition coefficient (Wildman–Crippen LogP) is 0.253. The molecule has 1 aliphatic rings. The molecule has 0 radical (unpaired) electrons. The smallest absolute Gasteiger partial charge is 0.287 e. The van der Waals surface area contributed by atoms with Crippen molar-refractivity contribution in [1.82, 2.24) is 15.3 Å². The van der Waals surface area contributed by atoms with Gasteiger partial charge in [0, 0.05) is 6.54 Å². The van der Waals surface area contributed by atoms with E-state index >= 15 is 0 Å². The summed E-state index contributed by atoms with van der Waals surface area (Å²) in [5.74, 6) is -0.994. The van der Waals surface area contributed by atoms with Crippen molar-refractivity contribution in [3.05, 3.63) is 29.8 Å². The number of hydrogen-bond donors (Lipinski definition) is 3. The molecule has 1 aromatic carbocycles. The van der Waals surface area contributed by atoms with Gasteiger partial charge in [-0.15, -0.1) is 0 Å². The van der Waals surface area contributed by atoms with Crippen LogP contribution in [0.15, 0.2) is 18.2 Å². The lowest BCUT2D eigenvalue weighted by Crippen LogP contribution is -2.42. The molecule has 4 N–H and O–H groups in total. The highest BCUT2D eigenvalue weighted by molar-refractivity contribution is 7.90. The second-order valence-electron chi connectivity index (χ2n) is 5.16. The molecule has 0 aliphatic heterocycles. The van der Waals surface area contributed by atoms with Gasteiger partial charge in [-0.25, -0.2) is 22.9 Å². The third kappa shape index (κ3) is 2.49. The summed E-state index contributed by atoms with van der Waals surface area (Å²) in [6.45, 7) is -0.0595. The zero-order chi connectivity index (χ0) is 15.3. The minimum atomic E-state index is -3.69. The first-order valence-electron chi connectivity index (χ1n) is 6.27. The predicted molar refractivity (Wildman–Crippen MR) is 73.5 cm³/mol. The first kappa shape index (κ1) is 14.0. The van der Waals surface area contributed by atoms with Gasteiger partial charge >= 0.3 is 0 Å². The topological polar surface area (TPSA) is 118 Å². The molecule has 1 aromatic heterocycles. The molecule has 2 aromatic rings. The third-order valence-electron chi connectivity index (χ3n) is 3.64. The van der Waals surface area contributed by atoms with Crippen molar-refractivity contribution >= 4 is 27.0 Å². The van der Waals surface area contributed by atoms with Crippen LogP contribution in [0.3, 0.4) is 0 Å². The van der Waals surface area contributed by atoms with E-state index < -0.39 is 26.5 Å². The number of hydrogen-bond acceptors (Lipinski definition) is 4. The second-order valence-corrected chi connectivity index (χ2v) is 7.11. The van der Waals surface area contributed by atoms with Crippen LogP contribution < -0.4 is 10.5 Å². The molecule has 112 valence electrons. The summed E-state index contributed by atoms with van der Waals surface area (Å²) in [6.07, 6.45) is 0.856. The average molecular weight is 312 g/mol. The maximum atomic E-state index is 13.1. The first-order valence-corrected chi connectivity index (χ1v) is 7.81. The Kier molecular flexibility index (Phi) is 2.99. The van der Waals surface area contributed by atoms with Gasteiger partial charge in [0.1, 0.15) is 10.6 Å². The average Bonchev–Trinajstić information content (AvgIpc) is 3.09. The molecule has 0 bridgehead atoms. The number of nitrogens with zero attached hydrogens (tertiary/aromatic N) is 1. The Morgan fingerprint density at radius 1 is 1.48 bits per heavy atom. The van der Waals surface area contributed by atoms with E-state index in [1.165, 1.54) is 18.2 Å². The quantitative estimate of drug-likeness (QED) is 0.750. The van der Waals surface area contributed by atoms with E-state index in [0.29, 0.717) is 23.9 Å². The van der Waals surface area contributed by atoms with E-state index in [0.717, 1.165) is 0 Å². The maximum Gasteiger partial charge on any atom is 0.287 e. The molecule has 1 fully saturated rings. The number of imidazole rings is 1. The zero-order valence-electron chi connectivity index (χ0n) is 10.9. The number of benzene rings is 1. The van der Waals surface area contributed by atoms with Crippen molar-refractivity contribution in [3.8, 4) is 0 Å². The van der Waals surface area contributed by atoms with E-state index in [1.807, 2.05) is 0 Å². The van der Waals surface area contributed by atoms with Crippen LogP contribution in [0.5, 0.6) is 0 Å². The summed E-state index contributed by atoms with van der Waals surface area (Å²) in [7, 11) is -3.69.